The summed E-state index contributed by atoms with van der Waals surface area (Å²) < 4.78 is 6.91. The molecule has 1 aliphatic heterocycles. The van der Waals surface area contributed by atoms with Crippen LogP contribution in [0.1, 0.15) is 5.56 Å². The van der Waals surface area contributed by atoms with Gasteiger partial charge in [0.1, 0.15) is 18.5 Å². The molecule has 6 heteroatoms. The molecular weight excluding hydrogens is 464 g/mol. The highest BCUT2D eigenvalue weighted by Gasteiger charge is 2.21. The normalized spacial score (nSPS) is 16.1. The highest BCUT2D eigenvalue weighted by molar-refractivity contribution is 9.10. The highest BCUT2D eigenvalue weighted by atomic mass is 79.9. The van der Waals surface area contributed by atoms with E-state index in [-0.39, 0.29) is 6.61 Å². The van der Waals surface area contributed by atoms with Crippen LogP contribution in [0.15, 0.2) is 59.1 Å². The molecule has 0 aromatic heterocycles. The van der Waals surface area contributed by atoms with Crippen LogP contribution in [0.5, 0.6) is 5.75 Å². The molecule has 0 bridgehead atoms. The maximum Gasteiger partial charge on any atom is 0.120 e. The van der Waals surface area contributed by atoms with Gasteiger partial charge in [-0.05, 0) is 59.7 Å². The SMILES string of the molecule is Cc1c(Cl)cccc1N1CCN(C[C@@H](O)COc2ccc3cc(Br)ccc3c2)CC1. The van der Waals surface area contributed by atoms with E-state index in [1.807, 2.05) is 36.4 Å². The molecule has 1 heterocycles. The second kappa shape index (κ2) is 9.56. The molecule has 0 unspecified atom stereocenters. The van der Waals surface area contributed by atoms with E-state index in [0.29, 0.717) is 6.54 Å². The van der Waals surface area contributed by atoms with E-state index < -0.39 is 6.10 Å². The number of fused-ring (bicyclic) bond motifs is 1. The lowest BCUT2D eigenvalue weighted by Gasteiger charge is -2.37. The number of ether oxygens (including phenoxy) is 1. The zero-order valence-corrected chi connectivity index (χ0v) is 19.4. The van der Waals surface area contributed by atoms with Crippen molar-refractivity contribution in [3.63, 3.8) is 0 Å². The fraction of sp³-hybridized carbons (Fsp3) is 0.333. The van der Waals surface area contributed by atoms with Crippen LogP contribution in [-0.2, 0) is 0 Å². The molecule has 1 saturated heterocycles. The van der Waals surface area contributed by atoms with Gasteiger partial charge >= 0.3 is 0 Å². The van der Waals surface area contributed by atoms with Crippen molar-refractivity contribution in [2.75, 3.05) is 44.2 Å². The van der Waals surface area contributed by atoms with Gasteiger partial charge in [-0.3, -0.25) is 4.90 Å². The number of benzene rings is 3. The third-order valence-corrected chi connectivity index (χ3v) is 6.54. The molecule has 0 radical (unpaired) electrons. The summed E-state index contributed by atoms with van der Waals surface area (Å²) in [5.74, 6) is 0.783. The lowest BCUT2D eigenvalue weighted by atomic mass is 10.1. The summed E-state index contributed by atoms with van der Waals surface area (Å²) in [6.07, 6.45) is -0.523. The Bertz CT molecular complexity index is 1020. The van der Waals surface area contributed by atoms with Crippen LogP contribution in [0, 0.1) is 6.92 Å². The molecule has 30 heavy (non-hydrogen) atoms. The summed E-state index contributed by atoms with van der Waals surface area (Å²) in [4.78, 5) is 4.66. The summed E-state index contributed by atoms with van der Waals surface area (Å²) in [5.41, 5.74) is 2.33. The Morgan fingerprint density at radius 3 is 2.57 bits per heavy atom. The smallest absolute Gasteiger partial charge is 0.120 e. The molecule has 1 atom stereocenters. The molecule has 0 amide bonds. The van der Waals surface area contributed by atoms with Crippen LogP contribution >= 0.6 is 27.5 Å². The third kappa shape index (κ3) is 5.09. The van der Waals surface area contributed by atoms with Gasteiger partial charge in [0.25, 0.3) is 0 Å². The second-order valence-electron chi connectivity index (χ2n) is 7.79. The highest BCUT2D eigenvalue weighted by Crippen LogP contribution is 2.27. The molecule has 4 rings (SSSR count). The molecular formula is C24H26BrClN2O2. The topological polar surface area (TPSA) is 35.9 Å². The average Bonchev–Trinajstić information content (AvgIpc) is 2.75. The Kier molecular flexibility index (Phi) is 6.84. The summed E-state index contributed by atoms with van der Waals surface area (Å²) in [7, 11) is 0. The van der Waals surface area contributed by atoms with E-state index in [1.165, 1.54) is 5.69 Å². The van der Waals surface area contributed by atoms with Crippen molar-refractivity contribution in [2.24, 2.45) is 0 Å². The molecule has 0 aliphatic carbocycles. The zero-order valence-electron chi connectivity index (χ0n) is 17.0. The predicted octanol–water partition coefficient (Wildman–Crippen LogP) is 5.13. The van der Waals surface area contributed by atoms with Crippen LogP contribution in [0.4, 0.5) is 5.69 Å². The van der Waals surface area contributed by atoms with Crippen LogP contribution in [0.3, 0.4) is 0 Å². The molecule has 1 fully saturated rings. The lowest BCUT2D eigenvalue weighted by Crippen LogP contribution is -2.49. The molecule has 3 aromatic rings. The Balaban J connectivity index is 1.26. The van der Waals surface area contributed by atoms with Crippen LogP contribution in [0.25, 0.3) is 10.8 Å². The van der Waals surface area contributed by atoms with E-state index in [9.17, 15) is 5.11 Å². The maximum atomic E-state index is 10.5. The van der Waals surface area contributed by atoms with Crippen molar-refractivity contribution in [1.29, 1.82) is 0 Å². The third-order valence-electron chi connectivity index (χ3n) is 5.64. The second-order valence-corrected chi connectivity index (χ2v) is 9.11. The van der Waals surface area contributed by atoms with Gasteiger partial charge in [-0.1, -0.05) is 45.7 Å². The molecule has 1 aliphatic rings. The molecule has 0 saturated carbocycles. The summed E-state index contributed by atoms with van der Waals surface area (Å²) in [5, 5.41) is 13.6. The van der Waals surface area contributed by atoms with E-state index in [2.05, 4.69) is 50.9 Å². The van der Waals surface area contributed by atoms with Gasteiger partial charge < -0.3 is 14.7 Å². The monoisotopic (exact) mass is 488 g/mol. The first-order valence-electron chi connectivity index (χ1n) is 10.2. The van der Waals surface area contributed by atoms with Gasteiger partial charge in [-0.2, -0.15) is 0 Å². The van der Waals surface area contributed by atoms with Crippen LogP contribution in [0.2, 0.25) is 5.02 Å². The van der Waals surface area contributed by atoms with Gasteiger partial charge in [0.15, 0.2) is 0 Å². The molecule has 158 valence electrons. The minimum Gasteiger partial charge on any atom is -0.491 e. The quantitative estimate of drug-likeness (QED) is 0.521. The fourth-order valence-electron chi connectivity index (χ4n) is 3.94. The standard InChI is InChI=1S/C24H26BrClN2O2/c1-17-23(26)3-2-4-24(17)28-11-9-27(10-12-28)15-21(29)16-30-22-8-6-18-13-20(25)7-5-19(18)14-22/h2-8,13-14,21,29H,9-12,15-16H2,1H3/t21-/m1/s1. The minimum absolute atomic E-state index is 0.287. The minimum atomic E-state index is -0.523. The van der Waals surface area contributed by atoms with Gasteiger partial charge in [-0.25, -0.2) is 0 Å². The number of aliphatic hydroxyl groups is 1. The largest absolute Gasteiger partial charge is 0.491 e. The maximum absolute atomic E-state index is 10.5. The molecule has 0 spiro atoms. The Hall–Kier alpha value is -1.79. The lowest BCUT2D eigenvalue weighted by molar-refractivity contribution is 0.0663. The van der Waals surface area contributed by atoms with Crippen molar-refractivity contribution in [3.05, 3.63) is 69.7 Å². The summed E-state index contributed by atoms with van der Waals surface area (Å²) >= 11 is 9.76. The number of halogens is 2. The van der Waals surface area contributed by atoms with Crippen molar-refractivity contribution < 1.29 is 9.84 Å². The van der Waals surface area contributed by atoms with Crippen LogP contribution in [-0.4, -0.2) is 55.4 Å². The molecule has 3 aromatic carbocycles. The Labute approximate surface area is 191 Å². The molecule has 4 nitrogen and oxygen atoms in total. The van der Waals surface area contributed by atoms with Crippen molar-refractivity contribution in [2.45, 2.75) is 13.0 Å². The van der Waals surface area contributed by atoms with E-state index in [4.69, 9.17) is 16.3 Å². The van der Waals surface area contributed by atoms with Crippen molar-refractivity contribution in [3.8, 4) is 5.75 Å². The average molecular weight is 490 g/mol. The number of β-amino-alcohol motifs (C(OH)–C–C–N with tert-alkyl or cyclic N) is 1. The van der Waals surface area contributed by atoms with Gasteiger partial charge in [-0.15, -0.1) is 0 Å². The van der Waals surface area contributed by atoms with E-state index in [0.717, 1.165) is 57.8 Å². The number of rotatable bonds is 6. The predicted molar refractivity (Wildman–Crippen MR) is 128 cm³/mol. The number of hydrogen-bond acceptors (Lipinski definition) is 4. The van der Waals surface area contributed by atoms with Crippen molar-refractivity contribution in [1.82, 2.24) is 4.90 Å². The zero-order chi connectivity index (χ0) is 21.1. The van der Waals surface area contributed by atoms with E-state index in [1.54, 1.807) is 0 Å². The Morgan fingerprint density at radius 1 is 1.03 bits per heavy atom. The number of nitrogens with zero attached hydrogens (tertiary/aromatic N) is 2. The van der Waals surface area contributed by atoms with Crippen LogP contribution < -0.4 is 9.64 Å². The first-order chi connectivity index (χ1) is 14.5. The first kappa shape index (κ1) is 21.4. The summed E-state index contributed by atoms with van der Waals surface area (Å²) in [6, 6.07) is 18.2. The van der Waals surface area contributed by atoms with Gasteiger partial charge in [0.05, 0.1) is 0 Å². The number of hydrogen-bond donors (Lipinski definition) is 1. The van der Waals surface area contributed by atoms with Gasteiger partial charge in [0, 0.05) is 47.9 Å². The number of anilines is 1. The fourth-order valence-corrected chi connectivity index (χ4v) is 4.49. The van der Waals surface area contributed by atoms with E-state index >= 15 is 0 Å². The Morgan fingerprint density at radius 2 is 1.77 bits per heavy atom. The van der Waals surface area contributed by atoms with Gasteiger partial charge in [0.2, 0.25) is 0 Å². The molecule has 1 N–H and O–H groups in total. The number of piperazine rings is 1. The number of aliphatic hydroxyl groups excluding tert-OH is 1. The first-order valence-corrected chi connectivity index (χ1v) is 11.4. The summed E-state index contributed by atoms with van der Waals surface area (Å²) in [6.45, 7) is 6.64. The van der Waals surface area contributed by atoms with Crippen molar-refractivity contribution >= 4 is 44.0 Å².